The van der Waals surface area contributed by atoms with Gasteiger partial charge in [-0.3, -0.25) is 4.79 Å². The number of thioether (sulfide) groups is 1. The first-order valence-electron chi connectivity index (χ1n) is 9.17. The zero-order valence-corrected chi connectivity index (χ0v) is 18.1. The zero-order valence-electron chi connectivity index (χ0n) is 17.3. The standard InChI is InChI=1S/C22H23N3O4S/c1-14-11-21(25-22(23-14)15-5-7-16(27-2)8-6-15)30-13-20(26)24-18-10-9-17(28-3)12-19(18)29-4/h5-12H,13H2,1-4H3,(H,24,26). The summed E-state index contributed by atoms with van der Waals surface area (Å²) in [5.41, 5.74) is 2.30. The number of carbonyl (C=O) groups is 1. The van der Waals surface area contributed by atoms with Crippen molar-refractivity contribution in [1.29, 1.82) is 0 Å². The highest BCUT2D eigenvalue weighted by atomic mass is 32.2. The number of benzene rings is 2. The molecular weight excluding hydrogens is 402 g/mol. The molecule has 0 aliphatic carbocycles. The fourth-order valence-corrected chi connectivity index (χ4v) is 3.47. The smallest absolute Gasteiger partial charge is 0.234 e. The van der Waals surface area contributed by atoms with Crippen molar-refractivity contribution < 1.29 is 19.0 Å². The minimum atomic E-state index is -0.161. The predicted octanol–water partition coefficient (Wildman–Crippen LogP) is 4.21. The van der Waals surface area contributed by atoms with Gasteiger partial charge in [0.2, 0.25) is 5.91 Å². The van der Waals surface area contributed by atoms with E-state index in [-0.39, 0.29) is 11.7 Å². The van der Waals surface area contributed by atoms with Gasteiger partial charge in [-0.1, -0.05) is 11.8 Å². The maximum absolute atomic E-state index is 12.4. The predicted molar refractivity (Wildman–Crippen MR) is 118 cm³/mol. The molecule has 3 rings (SSSR count). The molecule has 2 aromatic carbocycles. The Labute approximate surface area is 179 Å². The number of aromatic nitrogens is 2. The molecule has 0 aliphatic rings. The zero-order chi connectivity index (χ0) is 21.5. The average molecular weight is 426 g/mol. The van der Waals surface area contributed by atoms with E-state index in [0.29, 0.717) is 23.0 Å². The number of hydrogen-bond acceptors (Lipinski definition) is 7. The van der Waals surface area contributed by atoms with E-state index in [4.69, 9.17) is 14.2 Å². The molecule has 0 radical (unpaired) electrons. The van der Waals surface area contributed by atoms with Crippen LogP contribution in [0.2, 0.25) is 0 Å². The summed E-state index contributed by atoms with van der Waals surface area (Å²) in [5, 5.41) is 3.59. The second-order valence-corrected chi connectivity index (χ2v) is 7.30. The van der Waals surface area contributed by atoms with E-state index < -0.39 is 0 Å². The fraction of sp³-hybridized carbons (Fsp3) is 0.227. The van der Waals surface area contributed by atoms with Crippen LogP contribution in [0.4, 0.5) is 5.69 Å². The molecule has 1 N–H and O–H groups in total. The van der Waals surface area contributed by atoms with Gasteiger partial charge in [0.25, 0.3) is 0 Å². The lowest BCUT2D eigenvalue weighted by atomic mass is 10.2. The second kappa shape index (κ2) is 9.98. The van der Waals surface area contributed by atoms with E-state index in [0.717, 1.165) is 22.0 Å². The minimum absolute atomic E-state index is 0.161. The molecule has 0 aliphatic heterocycles. The maximum atomic E-state index is 12.4. The quantitative estimate of drug-likeness (QED) is 0.428. The van der Waals surface area contributed by atoms with Gasteiger partial charge in [0.1, 0.15) is 22.3 Å². The third-order valence-corrected chi connectivity index (χ3v) is 5.12. The molecule has 3 aromatic rings. The number of nitrogens with one attached hydrogen (secondary N) is 1. The Hall–Kier alpha value is -3.26. The molecule has 0 saturated carbocycles. The molecule has 8 heteroatoms. The van der Waals surface area contributed by atoms with Gasteiger partial charge >= 0.3 is 0 Å². The Morgan fingerprint density at radius 3 is 2.30 bits per heavy atom. The number of rotatable bonds is 8. The van der Waals surface area contributed by atoms with Crippen LogP contribution < -0.4 is 19.5 Å². The Bertz CT molecular complexity index is 1030. The van der Waals surface area contributed by atoms with Crippen molar-refractivity contribution in [3.63, 3.8) is 0 Å². The van der Waals surface area contributed by atoms with Crippen LogP contribution in [0, 0.1) is 6.92 Å². The van der Waals surface area contributed by atoms with Crippen molar-refractivity contribution in [3.8, 4) is 28.6 Å². The third kappa shape index (κ3) is 5.42. The van der Waals surface area contributed by atoms with Gasteiger partial charge in [0.15, 0.2) is 5.82 Å². The molecule has 30 heavy (non-hydrogen) atoms. The van der Waals surface area contributed by atoms with E-state index in [1.54, 1.807) is 39.5 Å². The molecule has 1 amide bonds. The molecule has 0 spiro atoms. The Balaban J connectivity index is 1.68. The number of nitrogens with zero attached hydrogens (tertiary/aromatic N) is 2. The lowest BCUT2D eigenvalue weighted by Gasteiger charge is -2.11. The second-order valence-electron chi connectivity index (χ2n) is 6.30. The fourth-order valence-electron chi connectivity index (χ4n) is 2.71. The van der Waals surface area contributed by atoms with E-state index in [9.17, 15) is 4.79 Å². The molecule has 1 heterocycles. The first kappa shape index (κ1) is 21.4. The molecule has 0 bridgehead atoms. The van der Waals surface area contributed by atoms with Crippen LogP contribution in [0.5, 0.6) is 17.2 Å². The van der Waals surface area contributed by atoms with Gasteiger partial charge in [-0.2, -0.15) is 0 Å². The molecular formula is C22H23N3O4S. The van der Waals surface area contributed by atoms with E-state index >= 15 is 0 Å². The average Bonchev–Trinajstić information content (AvgIpc) is 2.77. The van der Waals surface area contributed by atoms with Crippen molar-refractivity contribution in [1.82, 2.24) is 9.97 Å². The van der Waals surface area contributed by atoms with Gasteiger partial charge in [0.05, 0.1) is 32.8 Å². The first-order valence-corrected chi connectivity index (χ1v) is 10.2. The Morgan fingerprint density at radius 1 is 0.933 bits per heavy atom. The number of ether oxygens (including phenoxy) is 3. The van der Waals surface area contributed by atoms with Gasteiger partial charge in [-0.25, -0.2) is 9.97 Å². The topological polar surface area (TPSA) is 82.6 Å². The highest BCUT2D eigenvalue weighted by Crippen LogP contribution is 2.29. The number of amides is 1. The molecule has 156 valence electrons. The van der Waals surface area contributed by atoms with Crippen LogP contribution in [-0.4, -0.2) is 43.0 Å². The van der Waals surface area contributed by atoms with E-state index in [1.165, 1.54) is 11.8 Å². The van der Waals surface area contributed by atoms with Gasteiger partial charge in [0, 0.05) is 17.3 Å². The molecule has 7 nitrogen and oxygen atoms in total. The number of carbonyl (C=O) groups excluding carboxylic acids is 1. The highest BCUT2D eigenvalue weighted by molar-refractivity contribution is 7.99. The normalized spacial score (nSPS) is 10.4. The first-order chi connectivity index (χ1) is 14.5. The van der Waals surface area contributed by atoms with Gasteiger partial charge in [-0.15, -0.1) is 0 Å². The Morgan fingerprint density at radius 2 is 1.63 bits per heavy atom. The van der Waals surface area contributed by atoms with Crippen LogP contribution in [0.15, 0.2) is 53.6 Å². The Kier molecular flexibility index (Phi) is 7.13. The summed E-state index contributed by atoms with van der Waals surface area (Å²) in [7, 11) is 4.75. The van der Waals surface area contributed by atoms with Gasteiger partial charge in [-0.05, 0) is 49.4 Å². The minimum Gasteiger partial charge on any atom is -0.497 e. The summed E-state index contributed by atoms with van der Waals surface area (Å²) in [6, 6.07) is 14.6. The van der Waals surface area contributed by atoms with Crippen LogP contribution in [0.1, 0.15) is 5.69 Å². The van der Waals surface area contributed by atoms with Crippen molar-refractivity contribution in [2.45, 2.75) is 11.9 Å². The molecule has 0 fully saturated rings. The number of hydrogen-bond donors (Lipinski definition) is 1. The SMILES string of the molecule is COc1ccc(-c2nc(C)cc(SCC(=O)Nc3ccc(OC)cc3OC)n2)cc1. The lowest BCUT2D eigenvalue weighted by Crippen LogP contribution is -2.15. The number of aryl methyl sites for hydroxylation is 1. The van der Waals surface area contributed by atoms with Crippen LogP contribution >= 0.6 is 11.8 Å². The summed E-state index contributed by atoms with van der Waals surface area (Å²) < 4.78 is 15.7. The van der Waals surface area contributed by atoms with Crippen LogP contribution in [-0.2, 0) is 4.79 Å². The van der Waals surface area contributed by atoms with Crippen LogP contribution in [0.25, 0.3) is 11.4 Å². The monoisotopic (exact) mass is 425 g/mol. The molecule has 0 unspecified atom stereocenters. The number of methoxy groups -OCH3 is 3. The summed E-state index contributed by atoms with van der Waals surface area (Å²) in [5.74, 6) is 2.61. The maximum Gasteiger partial charge on any atom is 0.234 e. The van der Waals surface area contributed by atoms with E-state index in [2.05, 4.69) is 15.3 Å². The lowest BCUT2D eigenvalue weighted by molar-refractivity contribution is -0.113. The summed E-state index contributed by atoms with van der Waals surface area (Å²) in [4.78, 5) is 21.5. The molecule has 0 atom stereocenters. The van der Waals surface area contributed by atoms with Crippen molar-refractivity contribution in [3.05, 3.63) is 54.2 Å². The van der Waals surface area contributed by atoms with Crippen molar-refractivity contribution >= 4 is 23.4 Å². The summed E-state index contributed by atoms with van der Waals surface area (Å²) in [6.07, 6.45) is 0. The van der Waals surface area contributed by atoms with Crippen LogP contribution in [0.3, 0.4) is 0 Å². The summed E-state index contributed by atoms with van der Waals surface area (Å²) in [6.45, 7) is 1.90. The van der Waals surface area contributed by atoms with Crippen molar-refractivity contribution in [2.75, 3.05) is 32.4 Å². The van der Waals surface area contributed by atoms with E-state index in [1.807, 2.05) is 37.3 Å². The molecule has 0 saturated heterocycles. The number of anilines is 1. The third-order valence-electron chi connectivity index (χ3n) is 4.21. The molecule has 1 aromatic heterocycles. The summed E-state index contributed by atoms with van der Waals surface area (Å²) >= 11 is 1.35. The van der Waals surface area contributed by atoms with Crippen molar-refractivity contribution in [2.24, 2.45) is 0 Å². The highest BCUT2D eigenvalue weighted by Gasteiger charge is 2.11. The largest absolute Gasteiger partial charge is 0.497 e. The van der Waals surface area contributed by atoms with Gasteiger partial charge < -0.3 is 19.5 Å².